The highest BCUT2D eigenvalue weighted by Crippen LogP contribution is 2.50. The predicted molar refractivity (Wildman–Crippen MR) is 101 cm³/mol. The van der Waals surface area contributed by atoms with Crippen LogP contribution < -0.4 is 4.90 Å². The Labute approximate surface area is 147 Å². The lowest BCUT2D eigenvalue weighted by atomic mass is 9.91. The maximum atomic E-state index is 4.49. The summed E-state index contributed by atoms with van der Waals surface area (Å²) in [7, 11) is 0. The quantitative estimate of drug-likeness (QED) is 0.369. The van der Waals surface area contributed by atoms with Crippen molar-refractivity contribution in [3.63, 3.8) is 0 Å². The maximum Gasteiger partial charge on any atom is 0.234 e. The van der Waals surface area contributed by atoms with Crippen molar-refractivity contribution in [2.75, 3.05) is 4.90 Å². The Hall–Kier alpha value is -2.72. The molecule has 114 valence electrons. The Morgan fingerprint density at radius 2 is 1.54 bits per heavy atom. The number of nitrogens with zero attached hydrogens (tertiary/aromatic N) is 3. The van der Waals surface area contributed by atoms with Gasteiger partial charge in [0, 0.05) is 27.8 Å². The molecule has 0 radical (unpaired) electrons. The van der Waals surface area contributed by atoms with E-state index in [-0.39, 0.29) is 0 Å². The number of hydrogen-bond donors (Lipinski definition) is 0. The number of hydrogen-bond acceptors (Lipinski definition) is 3. The lowest BCUT2D eigenvalue weighted by Gasteiger charge is -2.31. The van der Waals surface area contributed by atoms with E-state index in [4.69, 9.17) is 0 Å². The number of halogens is 1. The van der Waals surface area contributed by atoms with Gasteiger partial charge in [-0.3, -0.25) is 4.90 Å². The Balaban J connectivity index is 1.95. The number of benzene rings is 3. The van der Waals surface area contributed by atoms with Crippen molar-refractivity contribution < 1.29 is 0 Å². The molecule has 0 unspecified atom stereocenters. The molecule has 3 nitrogen and oxygen atoms in total. The first-order chi connectivity index (χ1) is 11.8. The first-order valence-electron chi connectivity index (χ1n) is 7.72. The summed E-state index contributed by atoms with van der Waals surface area (Å²) in [6, 6.07) is 21.0. The van der Waals surface area contributed by atoms with Crippen molar-refractivity contribution in [1.29, 1.82) is 0 Å². The minimum absolute atomic E-state index is 0.679. The minimum atomic E-state index is 0.679. The molecule has 0 spiro atoms. The fourth-order valence-corrected chi connectivity index (χ4v) is 3.75. The third-order valence-corrected chi connectivity index (χ3v) is 4.86. The summed E-state index contributed by atoms with van der Waals surface area (Å²) in [5.74, 6) is 0.679. The van der Waals surface area contributed by atoms with E-state index in [0.29, 0.717) is 5.95 Å². The van der Waals surface area contributed by atoms with Crippen LogP contribution in [0.25, 0.3) is 21.9 Å². The number of rotatable bonds is 1. The zero-order chi connectivity index (χ0) is 16.1. The fraction of sp³-hybridized carbons (Fsp3) is 0. The van der Waals surface area contributed by atoms with E-state index in [1.54, 1.807) is 12.4 Å². The zero-order valence-electron chi connectivity index (χ0n) is 12.6. The van der Waals surface area contributed by atoms with Crippen molar-refractivity contribution in [3.8, 4) is 11.1 Å². The van der Waals surface area contributed by atoms with Crippen LogP contribution in [0.3, 0.4) is 0 Å². The maximum absolute atomic E-state index is 4.49. The average molecular weight is 374 g/mol. The van der Waals surface area contributed by atoms with Crippen molar-refractivity contribution in [1.82, 2.24) is 9.97 Å². The van der Waals surface area contributed by atoms with Crippen molar-refractivity contribution in [3.05, 3.63) is 77.5 Å². The van der Waals surface area contributed by atoms with Crippen LogP contribution in [0.15, 0.2) is 77.5 Å². The van der Waals surface area contributed by atoms with E-state index in [1.165, 1.54) is 21.9 Å². The molecule has 4 aromatic rings. The van der Waals surface area contributed by atoms with Gasteiger partial charge in [0.1, 0.15) is 0 Å². The van der Waals surface area contributed by atoms with Crippen LogP contribution in [0, 0.1) is 0 Å². The third kappa shape index (κ3) is 1.90. The van der Waals surface area contributed by atoms with Gasteiger partial charge in [0.05, 0.1) is 11.4 Å². The molecule has 0 amide bonds. The number of fused-ring (bicyclic) bond motifs is 2. The molecular weight excluding hydrogens is 362 g/mol. The molecule has 0 aliphatic carbocycles. The molecule has 5 rings (SSSR count). The molecule has 24 heavy (non-hydrogen) atoms. The van der Waals surface area contributed by atoms with Gasteiger partial charge in [-0.2, -0.15) is 0 Å². The van der Waals surface area contributed by atoms with E-state index in [2.05, 4.69) is 85.4 Å². The molecule has 3 aromatic carbocycles. The average Bonchev–Trinajstić information content (AvgIpc) is 2.63. The Morgan fingerprint density at radius 1 is 0.750 bits per heavy atom. The third-order valence-electron chi connectivity index (χ3n) is 4.37. The lowest BCUT2D eigenvalue weighted by Crippen LogP contribution is -2.17. The summed E-state index contributed by atoms with van der Waals surface area (Å²) < 4.78 is 1.04. The summed E-state index contributed by atoms with van der Waals surface area (Å²) in [5, 5.41) is 2.46. The summed E-state index contributed by atoms with van der Waals surface area (Å²) in [5.41, 5.74) is 4.63. The van der Waals surface area contributed by atoms with Crippen LogP contribution in [0.5, 0.6) is 0 Å². The lowest BCUT2D eigenvalue weighted by molar-refractivity contribution is 1.08. The number of anilines is 3. The molecular formula is C20H12BrN3. The van der Waals surface area contributed by atoms with Gasteiger partial charge in [0.15, 0.2) is 0 Å². The van der Waals surface area contributed by atoms with E-state index in [1.807, 2.05) is 6.07 Å². The highest BCUT2D eigenvalue weighted by molar-refractivity contribution is 9.10. The van der Waals surface area contributed by atoms with Crippen LogP contribution >= 0.6 is 15.9 Å². The largest absolute Gasteiger partial charge is 0.278 e. The predicted octanol–water partition coefficient (Wildman–Crippen LogP) is 5.84. The van der Waals surface area contributed by atoms with Gasteiger partial charge in [-0.1, -0.05) is 52.3 Å². The van der Waals surface area contributed by atoms with Crippen molar-refractivity contribution in [2.24, 2.45) is 0 Å². The summed E-state index contributed by atoms with van der Waals surface area (Å²) >= 11 is 3.60. The van der Waals surface area contributed by atoms with Crippen LogP contribution in [0.1, 0.15) is 0 Å². The fourth-order valence-electron chi connectivity index (χ4n) is 3.40. The second kappa shape index (κ2) is 5.14. The SMILES string of the molecule is Brc1ccc2c(c1)N(c1ncccn1)c1cccc3cccc-2c13. The van der Waals surface area contributed by atoms with Gasteiger partial charge >= 0.3 is 0 Å². The van der Waals surface area contributed by atoms with Crippen LogP contribution in [0.4, 0.5) is 17.3 Å². The second-order valence-corrected chi connectivity index (χ2v) is 6.64. The molecule has 4 heteroatoms. The smallest absolute Gasteiger partial charge is 0.234 e. The monoisotopic (exact) mass is 373 g/mol. The molecule has 0 N–H and O–H groups in total. The zero-order valence-corrected chi connectivity index (χ0v) is 14.2. The topological polar surface area (TPSA) is 29.0 Å². The van der Waals surface area contributed by atoms with Gasteiger partial charge in [0.25, 0.3) is 0 Å². The van der Waals surface area contributed by atoms with E-state index >= 15 is 0 Å². The van der Waals surface area contributed by atoms with E-state index in [9.17, 15) is 0 Å². The second-order valence-electron chi connectivity index (χ2n) is 5.73. The molecule has 1 aromatic heterocycles. The first kappa shape index (κ1) is 13.7. The molecule has 0 saturated heterocycles. The van der Waals surface area contributed by atoms with E-state index < -0.39 is 0 Å². The van der Waals surface area contributed by atoms with Gasteiger partial charge in [-0.15, -0.1) is 0 Å². The van der Waals surface area contributed by atoms with Crippen LogP contribution in [-0.2, 0) is 0 Å². The molecule has 0 bridgehead atoms. The van der Waals surface area contributed by atoms with Crippen LogP contribution in [0.2, 0.25) is 0 Å². The Kier molecular flexibility index (Phi) is 2.94. The molecule has 0 atom stereocenters. The molecule has 2 heterocycles. The van der Waals surface area contributed by atoms with Crippen LogP contribution in [-0.4, -0.2) is 9.97 Å². The summed E-state index contributed by atoms with van der Waals surface area (Å²) in [4.78, 5) is 11.1. The Bertz CT molecular complexity index is 1070. The summed E-state index contributed by atoms with van der Waals surface area (Å²) in [6.07, 6.45) is 3.56. The van der Waals surface area contributed by atoms with E-state index in [0.717, 1.165) is 15.8 Å². The van der Waals surface area contributed by atoms with Crippen molar-refractivity contribution >= 4 is 44.0 Å². The highest BCUT2D eigenvalue weighted by atomic mass is 79.9. The Morgan fingerprint density at radius 3 is 2.38 bits per heavy atom. The summed E-state index contributed by atoms with van der Waals surface area (Å²) in [6.45, 7) is 0. The molecule has 1 aliphatic heterocycles. The van der Waals surface area contributed by atoms with Gasteiger partial charge < -0.3 is 0 Å². The highest BCUT2D eigenvalue weighted by Gasteiger charge is 2.27. The molecule has 0 saturated carbocycles. The van der Waals surface area contributed by atoms with Crippen molar-refractivity contribution in [2.45, 2.75) is 0 Å². The molecule has 0 fully saturated rings. The van der Waals surface area contributed by atoms with Gasteiger partial charge in [-0.25, -0.2) is 9.97 Å². The van der Waals surface area contributed by atoms with Gasteiger partial charge in [0.2, 0.25) is 5.95 Å². The normalized spacial score (nSPS) is 12.3. The standard InChI is InChI=1S/C20H12BrN3/c21-14-8-9-15-16-6-1-4-13-5-2-7-17(19(13)16)24(18(15)12-14)20-22-10-3-11-23-20/h1-12H. The number of aromatic nitrogens is 2. The minimum Gasteiger partial charge on any atom is -0.278 e. The molecule has 1 aliphatic rings. The van der Waals surface area contributed by atoms with Gasteiger partial charge in [-0.05, 0) is 35.2 Å². The first-order valence-corrected chi connectivity index (χ1v) is 8.51.